The Morgan fingerprint density at radius 3 is 2.81 bits per heavy atom. The molecule has 0 amide bonds. The third kappa shape index (κ3) is 3.37. The summed E-state index contributed by atoms with van der Waals surface area (Å²) >= 11 is 0. The van der Waals surface area contributed by atoms with E-state index in [0.29, 0.717) is 5.69 Å². The number of rotatable bonds is 4. The van der Waals surface area contributed by atoms with Gasteiger partial charge in [-0.25, -0.2) is 13.1 Å². The Bertz CT molecular complexity index is 810. The third-order valence-electron chi connectivity index (χ3n) is 3.01. The summed E-state index contributed by atoms with van der Waals surface area (Å²) in [5, 5.41) is 9.03. The van der Waals surface area contributed by atoms with Crippen LogP contribution < -0.4 is 10.5 Å². The highest BCUT2D eigenvalue weighted by atomic mass is 32.2. The Labute approximate surface area is 123 Å². The number of aromatic nitrogens is 1. The van der Waals surface area contributed by atoms with Gasteiger partial charge in [0.2, 0.25) is 10.0 Å². The number of anilines is 1. The van der Waals surface area contributed by atoms with Gasteiger partial charge in [0.25, 0.3) is 0 Å². The van der Waals surface area contributed by atoms with E-state index in [0.717, 1.165) is 11.1 Å². The van der Waals surface area contributed by atoms with Crippen LogP contribution in [0.3, 0.4) is 0 Å². The lowest BCUT2D eigenvalue weighted by atomic mass is 10.2. The first-order valence-electron chi connectivity index (χ1n) is 6.13. The molecular weight excluding hydrogens is 288 g/mol. The predicted molar refractivity (Wildman–Crippen MR) is 78.6 cm³/mol. The number of nitrogens with one attached hydrogen (secondary N) is 1. The van der Waals surface area contributed by atoms with E-state index in [4.69, 9.17) is 11.0 Å². The largest absolute Gasteiger partial charge is 0.399 e. The zero-order valence-electron chi connectivity index (χ0n) is 11.4. The molecule has 3 N–H and O–H groups in total. The van der Waals surface area contributed by atoms with Crippen LogP contribution in [0, 0.1) is 18.3 Å². The van der Waals surface area contributed by atoms with Gasteiger partial charge in [0.1, 0.15) is 6.07 Å². The van der Waals surface area contributed by atoms with Gasteiger partial charge in [-0.15, -0.1) is 0 Å². The molecule has 1 heterocycles. The summed E-state index contributed by atoms with van der Waals surface area (Å²) in [6.45, 7) is 1.98. The van der Waals surface area contributed by atoms with Crippen molar-refractivity contribution in [3.8, 4) is 6.07 Å². The molecule has 2 aromatic rings. The molecule has 6 nitrogen and oxygen atoms in total. The summed E-state index contributed by atoms with van der Waals surface area (Å²) in [6.07, 6.45) is 3.24. The Morgan fingerprint density at radius 2 is 2.14 bits per heavy atom. The fourth-order valence-electron chi connectivity index (χ4n) is 1.80. The molecule has 2 rings (SSSR count). The predicted octanol–water partition coefficient (Wildman–Crippen LogP) is 1.32. The minimum atomic E-state index is -3.79. The zero-order valence-corrected chi connectivity index (χ0v) is 12.2. The molecule has 7 heteroatoms. The van der Waals surface area contributed by atoms with E-state index in [-0.39, 0.29) is 17.0 Å². The van der Waals surface area contributed by atoms with Gasteiger partial charge in [-0.3, -0.25) is 4.98 Å². The van der Waals surface area contributed by atoms with Crippen LogP contribution in [0.1, 0.15) is 16.7 Å². The zero-order chi connectivity index (χ0) is 15.5. The number of nitrogens with zero attached hydrogens (tertiary/aromatic N) is 2. The smallest absolute Gasteiger partial charge is 0.242 e. The van der Waals surface area contributed by atoms with Crippen molar-refractivity contribution in [3.05, 3.63) is 53.3 Å². The number of nitriles is 1. The van der Waals surface area contributed by atoms with Crippen LogP contribution in [-0.4, -0.2) is 13.4 Å². The average Bonchev–Trinajstić information content (AvgIpc) is 2.46. The van der Waals surface area contributed by atoms with E-state index in [1.165, 1.54) is 18.2 Å². The first-order valence-corrected chi connectivity index (χ1v) is 7.61. The van der Waals surface area contributed by atoms with Gasteiger partial charge >= 0.3 is 0 Å². The summed E-state index contributed by atoms with van der Waals surface area (Å²) in [5.74, 6) is 0. The van der Waals surface area contributed by atoms with Gasteiger partial charge in [0.05, 0.1) is 10.5 Å². The van der Waals surface area contributed by atoms with Crippen LogP contribution in [0.5, 0.6) is 0 Å². The number of hydrogen-bond donors (Lipinski definition) is 2. The van der Waals surface area contributed by atoms with E-state index in [9.17, 15) is 8.42 Å². The number of nitrogen functional groups attached to an aromatic ring is 1. The minimum Gasteiger partial charge on any atom is -0.399 e. The quantitative estimate of drug-likeness (QED) is 0.828. The number of nitrogens with two attached hydrogens (primary N) is 1. The summed E-state index contributed by atoms with van der Waals surface area (Å²) < 4.78 is 27.0. The number of pyridine rings is 1. The molecule has 0 unspecified atom stereocenters. The third-order valence-corrected chi connectivity index (χ3v) is 4.47. The fourth-order valence-corrected chi connectivity index (χ4v) is 2.94. The molecule has 0 aliphatic heterocycles. The topological polar surface area (TPSA) is 109 Å². The normalized spacial score (nSPS) is 11.0. The Balaban J connectivity index is 2.28. The Morgan fingerprint density at radius 1 is 1.38 bits per heavy atom. The van der Waals surface area contributed by atoms with Gasteiger partial charge in [0, 0.05) is 24.6 Å². The maximum absolute atomic E-state index is 12.3. The second-order valence-corrected chi connectivity index (χ2v) is 6.23. The molecule has 1 aromatic carbocycles. The van der Waals surface area contributed by atoms with Gasteiger partial charge in [0.15, 0.2) is 0 Å². The van der Waals surface area contributed by atoms with E-state index in [1.54, 1.807) is 18.5 Å². The molecule has 0 bridgehead atoms. The van der Waals surface area contributed by atoms with Crippen molar-refractivity contribution in [3.63, 3.8) is 0 Å². The lowest BCUT2D eigenvalue weighted by Crippen LogP contribution is -2.24. The van der Waals surface area contributed by atoms with Gasteiger partial charge in [-0.05, 0) is 42.3 Å². The summed E-state index contributed by atoms with van der Waals surface area (Å²) in [4.78, 5) is 3.88. The SMILES string of the molecule is Cc1ccncc1CNS(=O)(=O)c1ccc(N)cc1C#N. The Kier molecular flexibility index (Phi) is 4.21. The lowest BCUT2D eigenvalue weighted by Gasteiger charge is -2.10. The molecule has 0 saturated carbocycles. The van der Waals surface area contributed by atoms with E-state index in [2.05, 4.69) is 9.71 Å². The second kappa shape index (κ2) is 5.91. The highest BCUT2D eigenvalue weighted by molar-refractivity contribution is 7.89. The van der Waals surface area contributed by atoms with Crippen molar-refractivity contribution in [2.45, 2.75) is 18.4 Å². The maximum atomic E-state index is 12.3. The number of benzene rings is 1. The molecule has 0 fully saturated rings. The molecule has 21 heavy (non-hydrogen) atoms. The van der Waals surface area contributed by atoms with E-state index < -0.39 is 10.0 Å². The molecule has 1 aromatic heterocycles. The maximum Gasteiger partial charge on any atom is 0.242 e. The molecule has 108 valence electrons. The number of hydrogen-bond acceptors (Lipinski definition) is 5. The molecule has 0 atom stereocenters. The van der Waals surface area contributed by atoms with Crippen LogP contribution in [0.15, 0.2) is 41.6 Å². The monoisotopic (exact) mass is 302 g/mol. The van der Waals surface area contributed by atoms with Crippen molar-refractivity contribution in [1.82, 2.24) is 9.71 Å². The van der Waals surface area contributed by atoms with Gasteiger partial charge < -0.3 is 5.73 Å². The van der Waals surface area contributed by atoms with Crippen molar-refractivity contribution in [2.75, 3.05) is 5.73 Å². The molecule has 0 spiro atoms. The standard InChI is InChI=1S/C14H14N4O2S/c1-10-4-5-17-8-12(10)9-18-21(19,20)14-3-2-13(16)6-11(14)7-15/h2-6,8,18H,9,16H2,1H3. The van der Waals surface area contributed by atoms with Crippen LogP contribution in [0.4, 0.5) is 5.69 Å². The summed E-state index contributed by atoms with van der Waals surface area (Å²) in [5.41, 5.74) is 7.63. The highest BCUT2D eigenvalue weighted by Crippen LogP contribution is 2.18. The van der Waals surface area contributed by atoms with Gasteiger partial charge in [-0.1, -0.05) is 0 Å². The fraction of sp³-hybridized carbons (Fsp3) is 0.143. The van der Waals surface area contributed by atoms with Crippen molar-refractivity contribution < 1.29 is 8.42 Å². The average molecular weight is 302 g/mol. The first kappa shape index (κ1) is 15.0. The Hall–Kier alpha value is -2.43. The van der Waals surface area contributed by atoms with Crippen molar-refractivity contribution in [1.29, 1.82) is 5.26 Å². The van der Waals surface area contributed by atoms with E-state index in [1.807, 2.05) is 13.0 Å². The van der Waals surface area contributed by atoms with Gasteiger partial charge in [-0.2, -0.15) is 5.26 Å². The number of aryl methyl sites for hydroxylation is 1. The van der Waals surface area contributed by atoms with E-state index >= 15 is 0 Å². The molecular formula is C14H14N4O2S. The second-order valence-electron chi connectivity index (χ2n) is 4.49. The molecule has 0 aliphatic rings. The lowest BCUT2D eigenvalue weighted by molar-refractivity contribution is 0.581. The van der Waals surface area contributed by atoms with Crippen molar-refractivity contribution >= 4 is 15.7 Å². The molecule has 0 saturated heterocycles. The number of sulfonamides is 1. The molecule has 0 aliphatic carbocycles. The van der Waals surface area contributed by atoms with Crippen LogP contribution >= 0.6 is 0 Å². The van der Waals surface area contributed by atoms with Crippen LogP contribution in [0.25, 0.3) is 0 Å². The molecule has 0 radical (unpaired) electrons. The van der Waals surface area contributed by atoms with Crippen molar-refractivity contribution in [2.24, 2.45) is 0 Å². The highest BCUT2D eigenvalue weighted by Gasteiger charge is 2.18. The minimum absolute atomic E-state index is 0.0189. The summed E-state index contributed by atoms with van der Waals surface area (Å²) in [6, 6.07) is 7.75. The van der Waals surface area contributed by atoms with Crippen LogP contribution in [-0.2, 0) is 16.6 Å². The summed E-state index contributed by atoms with van der Waals surface area (Å²) in [7, 11) is -3.79. The first-order chi connectivity index (χ1) is 9.94. The van der Waals surface area contributed by atoms with Crippen LogP contribution in [0.2, 0.25) is 0 Å².